The monoisotopic (exact) mass is 203 g/mol. The number of aliphatic hydroxyl groups excluding tert-OH is 1. The van der Waals surface area contributed by atoms with E-state index in [1.807, 2.05) is 0 Å². The fraction of sp³-hybridized carbons (Fsp3) is 1.00. The van der Waals surface area contributed by atoms with Crippen molar-refractivity contribution in [2.24, 2.45) is 11.7 Å². The van der Waals surface area contributed by atoms with Crippen LogP contribution in [0.1, 0.15) is 39.5 Å². The summed E-state index contributed by atoms with van der Waals surface area (Å²) in [4.78, 5) is 0. The SMILES string of the molecule is CCCCC(CC)COCC(N)CO. The van der Waals surface area contributed by atoms with Gasteiger partial charge >= 0.3 is 0 Å². The van der Waals surface area contributed by atoms with Gasteiger partial charge in [0.1, 0.15) is 0 Å². The van der Waals surface area contributed by atoms with Gasteiger partial charge in [-0.25, -0.2) is 0 Å². The van der Waals surface area contributed by atoms with Crippen LogP contribution in [-0.2, 0) is 4.74 Å². The zero-order chi connectivity index (χ0) is 10.8. The Morgan fingerprint density at radius 1 is 1.29 bits per heavy atom. The Bertz CT molecular complexity index is 120. The van der Waals surface area contributed by atoms with Gasteiger partial charge in [-0.2, -0.15) is 0 Å². The molecular formula is C11H25NO2. The first-order valence-corrected chi connectivity index (χ1v) is 5.68. The second-order valence-corrected chi connectivity index (χ2v) is 3.90. The van der Waals surface area contributed by atoms with E-state index in [-0.39, 0.29) is 12.6 Å². The summed E-state index contributed by atoms with van der Waals surface area (Å²) >= 11 is 0. The highest BCUT2D eigenvalue weighted by Crippen LogP contribution is 2.12. The molecule has 86 valence electrons. The predicted molar refractivity (Wildman–Crippen MR) is 59.2 cm³/mol. The first kappa shape index (κ1) is 13.9. The molecule has 0 aliphatic rings. The fourth-order valence-electron chi connectivity index (χ4n) is 1.34. The smallest absolute Gasteiger partial charge is 0.0640 e. The average molecular weight is 203 g/mol. The molecule has 0 spiro atoms. The van der Waals surface area contributed by atoms with Crippen LogP contribution in [0.3, 0.4) is 0 Å². The molecule has 0 amide bonds. The summed E-state index contributed by atoms with van der Waals surface area (Å²) in [6.45, 7) is 5.65. The Hall–Kier alpha value is -0.120. The minimum absolute atomic E-state index is 0.00571. The molecule has 14 heavy (non-hydrogen) atoms. The maximum absolute atomic E-state index is 8.69. The van der Waals surface area contributed by atoms with Crippen LogP contribution >= 0.6 is 0 Å². The van der Waals surface area contributed by atoms with Crippen molar-refractivity contribution in [2.75, 3.05) is 19.8 Å². The highest BCUT2D eigenvalue weighted by Gasteiger charge is 2.07. The normalized spacial score (nSPS) is 15.4. The summed E-state index contributed by atoms with van der Waals surface area (Å²) in [6, 6.07) is -0.223. The number of ether oxygens (including phenoxy) is 1. The number of aliphatic hydroxyl groups is 1. The van der Waals surface area contributed by atoms with E-state index in [1.54, 1.807) is 0 Å². The van der Waals surface area contributed by atoms with Gasteiger partial charge in [0, 0.05) is 6.61 Å². The van der Waals surface area contributed by atoms with Crippen molar-refractivity contribution in [1.82, 2.24) is 0 Å². The Kier molecular flexibility index (Phi) is 9.35. The quantitative estimate of drug-likeness (QED) is 0.597. The Labute approximate surface area is 87.6 Å². The largest absolute Gasteiger partial charge is 0.395 e. The zero-order valence-corrected chi connectivity index (χ0v) is 9.54. The summed E-state index contributed by atoms with van der Waals surface area (Å²) in [5.41, 5.74) is 5.53. The van der Waals surface area contributed by atoms with Crippen LogP contribution in [0.2, 0.25) is 0 Å². The van der Waals surface area contributed by atoms with E-state index >= 15 is 0 Å². The lowest BCUT2D eigenvalue weighted by atomic mass is 10.0. The van der Waals surface area contributed by atoms with Crippen molar-refractivity contribution in [3.8, 4) is 0 Å². The Morgan fingerprint density at radius 3 is 2.50 bits per heavy atom. The maximum Gasteiger partial charge on any atom is 0.0640 e. The third kappa shape index (κ3) is 7.30. The minimum Gasteiger partial charge on any atom is -0.395 e. The lowest BCUT2D eigenvalue weighted by Crippen LogP contribution is -2.30. The second kappa shape index (κ2) is 9.44. The van der Waals surface area contributed by atoms with Crippen LogP contribution in [0.15, 0.2) is 0 Å². The van der Waals surface area contributed by atoms with Gasteiger partial charge in [-0.3, -0.25) is 0 Å². The van der Waals surface area contributed by atoms with E-state index in [0.717, 1.165) is 13.0 Å². The topological polar surface area (TPSA) is 55.5 Å². The van der Waals surface area contributed by atoms with E-state index in [4.69, 9.17) is 15.6 Å². The summed E-state index contributed by atoms with van der Waals surface area (Å²) in [6.07, 6.45) is 4.91. The molecule has 0 rings (SSSR count). The third-order valence-electron chi connectivity index (χ3n) is 2.46. The van der Waals surface area contributed by atoms with Crippen LogP contribution in [-0.4, -0.2) is 31.0 Å². The highest BCUT2D eigenvalue weighted by molar-refractivity contribution is 4.59. The molecule has 0 aromatic heterocycles. The van der Waals surface area contributed by atoms with Gasteiger partial charge in [0.05, 0.1) is 19.3 Å². The van der Waals surface area contributed by atoms with Crippen molar-refractivity contribution in [3.63, 3.8) is 0 Å². The molecular weight excluding hydrogens is 178 g/mol. The first-order valence-electron chi connectivity index (χ1n) is 5.68. The van der Waals surface area contributed by atoms with Crippen LogP contribution < -0.4 is 5.73 Å². The molecule has 0 saturated carbocycles. The predicted octanol–water partition coefficient (Wildman–Crippen LogP) is 1.54. The van der Waals surface area contributed by atoms with Gasteiger partial charge in [-0.1, -0.05) is 33.1 Å². The fourth-order valence-corrected chi connectivity index (χ4v) is 1.34. The summed E-state index contributed by atoms with van der Waals surface area (Å²) < 4.78 is 5.45. The molecule has 0 aromatic rings. The number of nitrogens with two attached hydrogens (primary N) is 1. The highest BCUT2D eigenvalue weighted by atomic mass is 16.5. The second-order valence-electron chi connectivity index (χ2n) is 3.90. The summed E-state index contributed by atoms with van der Waals surface area (Å²) in [5, 5.41) is 8.69. The van der Waals surface area contributed by atoms with Crippen molar-refractivity contribution in [3.05, 3.63) is 0 Å². The van der Waals surface area contributed by atoms with Gasteiger partial charge < -0.3 is 15.6 Å². The van der Waals surface area contributed by atoms with E-state index in [2.05, 4.69) is 13.8 Å². The van der Waals surface area contributed by atoms with Gasteiger partial charge in [-0.05, 0) is 12.3 Å². The number of hydrogen-bond acceptors (Lipinski definition) is 3. The molecule has 2 unspecified atom stereocenters. The van der Waals surface area contributed by atoms with Gasteiger partial charge in [0.2, 0.25) is 0 Å². The average Bonchev–Trinajstić information content (AvgIpc) is 2.22. The van der Waals surface area contributed by atoms with Crippen LogP contribution in [0.5, 0.6) is 0 Å². The summed E-state index contributed by atoms with van der Waals surface area (Å²) in [7, 11) is 0. The van der Waals surface area contributed by atoms with Crippen LogP contribution in [0.25, 0.3) is 0 Å². The van der Waals surface area contributed by atoms with E-state index in [9.17, 15) is 0 Å². The molecule has 0 saturated heterocycles. The van der Waals surface area contributed by atoms with E-state index in [1.165, 1.54) is 19.3 Å². The van der Waals surface area contributed by atoms with Crippen molar-refractivity contribution < 1.29 is 9.84 Å². The molecule has 0 aromatic carbocycles. The van der Waals surface area contributed by atoms with Gasteiger partial charge in [0.25, 0.3) is 0 Å². The van der Waals surface area contributed by atoms with Crippen molar-refractivity contribution in [2.45, 2.75) is 45.6 Å². The van der Waals surface area contributed by atoms with E-state index < -0.39 is 0 Å². The van der Waals surface area contributed by atoms with Crippen molar-refractivity contribution >= 4 is 0 Å². The molecule has 0 aliphatic heterocycles. The third-order valence-corrected chi connectivity index (χ3v) is 2.46. The van der Waals surface area contributed by atoms with E-state index in [0.29, 0.717) is 12.5 Å². The number of unbranched alkanes of at least 4 members (excludes halogenated alkanes) is 1. The zero-order valence-electron chi connectivity index (χ0n) is 9.54. The summed E-state index contributed by atoms with van der Waals surface area (Å²) in [5.74, 6) is 0.654. The molecule has 0 fully saturated rings. The number of hydrogen-bond donors (Lipinski definition) is 2. The molecule has 3 nitrogen and oxygen atoms in total. The van der Waals surface area contributed by atoms with Crippen LogP contribution in [0.4, 0.5) is 0 Å². The lowest BCUT2D eigenvalue weighted by Gasteiger charge is -2.16. The minimum atomic E-state index is -0.223. The first-order chi connectivity index (χ1) is 6.74. The lowest BCUT2D eigenvalue weighted by molar-refractivity contribution is 0.0708. The number of rotatable bonds is 9. The molecule has 0 bridgehead atoms. The molecule has 3 N–H and O–H groups in total. The molecule has 0 radical (unpaired) electrons. The molecule has 2 atom stereocenters. The van der Waals surface area contributed by atoms with Gasteiger partial charge in [0.15, 0.2) is 0 Å². The Balaban J connectivity index is 3.42. The Morgan fingerprint density at radius 2 is 2.00 bits per heavy atom. The molecule has 0 heterocycles. The maximum atomic E-state index is 8.69. The molecule has 3 heteroatoms. The standard InChI is InChI=1S/C11H25NO2/c1-3-5-6-10(4-2)8-14-9-11(12)7-13/h10-11,13H,3-9,12H2,1-2H3. The van der Waals surface area contributed by atoms with Crippen LogP contribution in [0, 0.1) is 5.92 Å². The molecule has 0 aliphatic carbocycles. The van der Waals surface area contributed by atoms with Gasteiger partial charge in [-0.15, -0.1) is 0 Å². The van der Waals surface area contributed by atoms with Crippen molar-refractivity contribution in [1.29, 1.82) is 0 Å².